The van der Waals surface area contributed by atoms with Gasteiger partial charge >= 0.3 is 0 Å². The molecule has 0 saturated carbocycles. The zero-order valence-corrected chi connectivity index (χ0v) is 17.3. The number of Topliss-reactive ketones (excluding diaryl/α,β-unsaturated/α-hetero) is 1. The number of ketones is 1. The smallest absolute Gasteiger partial charge is 0.166 e. The minimum Gasteiger partial charge on any atom is -0.394 e. The zero-order chi connectivity index (χ0) is 21.2. The number of hydrogen-bond acceptors (Lipinski definition) is 5. The number of hydrogen-bond donors (Lipinski definition) is 1. The highest BCUT2D eigenvalue weighted by molar-refractivity contribution is 6.00. The molecule has 2 aromatic rings. The topological polar surface area (TPSA) is 67.9 Å². The van der Waals surface area contributed by atoms with Crippen molar-refractivity contribution in [2.45, 2.75) is 25.7 Å². The van der Waals surface area contributed by atoms with Crippen LogP contribution in [0.25, 0.3) is 0 Å². The second-order valence-corrected chi connectivity index (χ2v) is 7.62. The number of nitrogens with two attached hydrogens (primary N) is 1. The van der Waals surface area contributed by atoms with Crippen LogP contribution in [-0.2, 0) is 4.84 Å². The first-order valence-corrected chi connectivity index (χ1v) is 10.6. The summed E-state index contributed by atoms with van der Waals surface area (Å²) in [5, 5.41) is 4.29. The molecule has 0 unspecified atom stereocenters. The second kappa shape index (κ2) is 11.6. The Hall–Kier alpha value is -2.57. The number of likely N-dealkylation sites (tertiary alicyclic amines) is 1. The summed E-state index contributed by atoms with van der Waals surface area (Å²) in [6.45, 7) is 3.61. The van der Waals surface area contributed by atoms with Gasteiger partial charge in [0.15, 0.2) is 5.78 Å². The van der Waals surface area contributed by atoms with Crippen molar-refractivity contribution in [3.8, 4) is 0 Å². The number of piperidine rings is 1. The zero-order valence-electron chi connectivity index (χ0n) is 17.3. The minimum atomic E-state index is -0.312. The summed E-state index contributed by atoms with van der Waals surface area (Å²) in [7, 11) is 0. The van der Waals surface area contributed by atoms with Crippen molar-refractivity contribution in [1.29, 1.82) is 0 Å². The molecule has 1 fully saturated rings. The van der Waals surface area contributed by atoms with E-state index >= 15 is 0 Å². The minimum absolute atomic E-state index is 0.0258. The highest BCUT2D eigenvalue weighted by atomic mass is 19.1. The van der Waals surface area contributed by atoms with Crippen molar-refractivity contribution in [1.82, 2.24) is 4.90 Å². The SMILES string of the molecule is NCCO/N=C(/CCCN1CCC(C(=O)c2ccc(F)cc2)CC1)c1ccccc1. The van der Waals surface area contributed by atoms with Crippen LogP contribution < -0.4 is 5.73 Å². The molecule has 0 bridgehead atoms. The lowest BCUT2D eigenvalue weighted by Crippen LogP contribution is -2.37. The molecule has 2 N–H and O–H groups in total. The number of carbonyl (C=O) groups excluding carboxylic acids is 1. The highest BCUT2D eigenvalue weighted by Crippen LogP contribution is 2.22. The first-order chi connectivity index (χ1) is 14.7. The van der Waals surface area contributed by atoms with E-state index in [0.29, 0.717) is 18.7 Å². The maximum absolute atomic E-state index is 13.1. The van der Waals surface area contributed by atoms with E-state index in [0.717, 1.165) is 56.6 Å². The molecule has 5 nitrogen and oxygen atoms in total. The molecule has 6 heteroatoms. The molecule has 160 valence electrons. The predicted molar refractivity (Wildman–Crippen MR) is 117 cm³/mol. The number of rotatable bonds is 10. The van der Waals surface area contributed by atoms with Crippen LogP contribution in [0, 0.1) is 11.7 Å². The molecule has 1 aliphatic heterocycles. The fourth-order valence-corrected chi connectivity index (χ4v) is 3.79. The van der Waals surface area contributed by atoms with E-state index in [4.69, 9.17) is 10.6 Å². The summed E-state index contributed by atoms with van der Waals surface area (Å²) < 4.78 is 13.1. The van der Waals surface area contributed by atoms with E-state index in [1.807, 2.05) is 30.3 Å². The largest absolute Gasteiger partial charge is 0.394 e. The lowest BCUT2D eigenvalue weighted by Gasteiger charge is -2.31. The molecule has 0 aliphatic carbocycles. The monoisotopic (exact) mass is 411 g/mol. The van der Waals surface area contributed by atoms with E-state index in [1.54, 1.807) is 12.1 Å². The molecule has 3 rings (SSSR count). The number of halogens is 1. The Morgan fingerprint density at radius 3 is 2.43 bits per heavy atom. The van der Waals surface area contributed by atoms with Crippen LogP contribution in [0.4, 0.5) is 4.39 Å². The van der Waals surface area contributed by atoms with Crippen LogP contribution in [0.3, 0.4) is 0 Å². The van der Waals surface area contributed by atoms with Crippen molar-refractivity contribution in [3.05, 3.63) is 71.5 Å². The number of carbonyl (C=O) groups is 1. The number of benzene rings is 2. The fourth-order valence-electron chi connectivity index (χ4n) is 3.79. The van der Waals surface area contributed by atoms with Crippen LogP contribution in [0.15, 0.2) is 59.8 Å². The Bertz CT molecular complexity index is 816. The molecule has 0 amide bonds. The average Bonchev–Trinajstić information content (AvgIpc) is 2.79. The van der Waals surface area contributed by atoms with Crippen LogP contribution in [-0.4, -0.2) is 49.2 Å². The van der Waals surface area contributed by atoms with Gasteiger partial charge in [0.1, 0.15) is 12.4 Å². The van der Waals surface area contributed by atoms with Crippen molar-refractivity contribution < 1.29 is 14.0 Å². The molecule has 0 aromatic heterocycles. The third-order valence-electron chi connectivity index (χ3n) is 5.47. The van der Waals surface area contributed by atoms with Crippen molar-refractivity contribution >= 4 is 11.5 Å². The van der Waals surface area contributed by atoms with Crippen LogP contribution >= 0.6 is 0 Å². The van der Waals surface area contributed by atoms with E-state index in [-0.39, 0.29) is 17.5 Å². The second-order valence-electron chi connectivity index (χ2n) is 7.62. The quantitative estimate of drug-likeness (QED) is 0.279. The van der Waals surface area contributed by atoms with Crippen LogP contribution in [0.1, 0.15) is 41.6 Å². The van der Waals surface area contributed by atoms with E-state index in [2.05, 4.69) is 10.1 Å². The van der Waals surface area contributed by atoms with Crippen LogP contribution in [0.5, 0.6) is 0 Å². The summed E-state index contributed by atoms with van der Waals surface area (Å²) in [5.41, 5.74) is 8.10. The van der Waals surface area contributed by atoms with Gasteiger partial charge in [-0.05, 0) is 75.1 Å². The van der Waals surface area contributed by atoms with Crippen molar-refractivity contribution in [2.24, 2.45) is 16.8 Å². The van der Waals surface area contributed by atoms with Gasteiger partial charge in [0.2, 0.25) is 0 Å². The average molecular weight is 412 g/mol. The predicted octanol–water partition coefficient (Wildman–Crippen LogP) is 3.88. The van der Waals surface area contributed by atoms with E-state index < -0.39 is 0 Å². The Morgan fingerprint density at radius 2 is 1.77 bits per heavy atom. The van der Waals surface area contributed by atoms with Crippen molar-refractivity contribution in [2.75, 3.05) is 32.8 Å². The first kappa shape index (κ1) is 22.1. The van der Waals surface area contributed by atoms with Crippen LogP contribution in [0.2, 0.25) is 0 Å². The first-order valence-electron chi connectivity index (χ1n) is 10.6. The van der Waals surface area contributed by atoms with Gasteiger partial charge in [0, 0.05) is 18.0 Å². The fraction of sp³-hybridized carbons (Fsp3) is 0.417. The summed E-state index contributed by atoms with van der Waals surface area (Å²) in [4.78, 5) is 20.3. The number of oxime groups is 1. The third-order valence-corrected chi connectivity index (χ3v) is 5.47. The van der Waals surface area contributed by atoms with Gasteiger partial charge in [0.05, 0.1) is 5.71 Å². The van der Waals surface area contributed by atoms with E-state index in [9.17, 15) is 9.18 Å². The lowest BCUT2D eigenvalue weighted by molar-refractivity contribution is 0.0839. The Morgan fingerprint density at radius 1 is 1.07 bits per heavy atom. The molecule has 1 heterocycles. The maximum Gasteiger partial charge on any atom is 0.166 e. The molecule has 1 saturated heterocycles. The van der Waals surface area contributed by atoms with E-state index in [1.165, 1.54) is 12.1 Å². The Balaban J connectivity index is 1.45. The Labute approximate surface area is 177 Å². The summed E-state index contributed by atoms with van der Waals surface area (Å²) >= 11 is 0. The molecule has 0 spiro atoms. The molecule has 2 aromatic carbocycles. The summed E-state index contributed by atoms with van der Waals surface area (Å²) in [6.07, 6.45) is 3.48. The normalized spacial score (nSPS) is 15.9. The molecule has 0 atom stereocenters. The summed E-state index contributed by atoms with van der Waals surface area (Å²) in [5.74, 6) is -0.156. The third kappa shape index (κ3) is 6.47. The highest BCUT2D eigenvalue weighted by Gasteiger charge is 2.25. The number of nitrogens with zero attached hydrogens (tertiary/aromatic N) is 2. The van der Waals surface area contributed by atoms with Gasteiger partial charge in [-0.15, -0.1) is 0 Å². The van der Waals surface area contributed by atoms with Crippen molar-refractivity contribution in [3.63, 3.8) is 0 Å². The molecule has 1 aliphatic rings. The summed E-state index contributed by atoms with van der Waals surface area (Å²) in [6, 6.07) is 15.9. The van der Waals surface area contributed by atoms with Gasteiger partial charge < -0.3 is 15.5 Å². The molecular formula is C24H30FN3O2. The standard InChI is InChI=1S/C24H30FN3O2/c25-22-10-8-20(9-11-22)24(29)21-12-16-28(17-13-21)15-4-7-23(27-30-18-14-26)19-5-2-1-3-6-19/h1-3,5-6,8-11,21H,4,7,12-18,26H2/b27-23-. The molecule has 30 heavy (non-hydrogen) atoms. The maximum atomic E-state index is 13.1. The Kier molecular flexibility index (Phi) is 8.53. The van der Waals surface area contributed by atoms with Gasteiger partial charge in [-0.3, -0.25) is 4.79 Å². The molecule has 0 radical (unpaired) electrons. The van der Waals surface area contributed by atoms with Gasteiger partial charge in [-0.2, -0.15) is 0 Å². The van der Waals surface area contributed by atoms with Gasteiger partial charge in [-0.25, -0.2) is 4.39 Å². The van der Waals surface area contributed by atoms with Gasteiger partial charge in [-0.1, -0.05) is 35.5 Å². The van der Waals surface area contributed by atoms with Gasteiger partial charge in [0.25, 0.3) is 0 Å². The lowest BCUT2D eigenvalue weighted by atomic mass is 9.89. The molecular weight excluding hydrogens is 381 g/mol.